The van der Waals surface area contributed by atoms with Gasteiger partial charge in [0.15, 0.2) is 0 Å². The van der Waals surface area contributed by atoms with Crippen molar-refractivity contribution in [1.29, 1.82) is 0 Å². The van der Waals surface area contributed by atoms with Gasteiger partial charge in [-0.15, -0.1) is 0 Å². The molecule has 0 aliphatic carbocycles. The van der Waals surface area contributed by atoms with E-state index in [-0.39, 0.29) is 28.5 Å². The number of benzene rings is 9. The van der Waals surface area contributed by atoms with Crippen LogP contribution in [0, 0.1) is 0 Å². The third-order valence-electron chi connectivity index (χ3n) is 9.53. The van der Waals surface area contributed by atoms with Crippen LogP contribution < -0.4 is 4.90 Å². The third-order valence-corrected chi connectivity index (χ3v) is 9.53. The first-order chi connectivity index (χ1) is 27.7. The minimum absolute atomic E-state index is 0.00338. The number of para-hydroxylation sites is 1. The van der Waals surface area contributed by atoms with Crippen LogP contribution in [0.5, 0.6) is 0 Å². The van der Waals surface area contributed by atoms with Crippen molar-refractivity contribution >= 4 is 71.3 Å². The monoisotopic (exact) mass is 644 g/mol. The lowest BCUT2D eigenvalue weighted by Crippen LogP contribution is -2.12. The van der Waals surface area contributed by atoms with E-state index < -0.39 is 30.2 Å². The predicted molar refractivity (Wildman–Crippen MR) is 212 cm³/mol. The van der Waals surface area contributed by atoms with Crippen LogP contribution in [0.25, 0.3) is 76.5 Å². The predicted octanol–water partition coefficient (Wildman–Crippen LogP) is 13.8. The molecule has 234 valence electrons. The first kappa shape index (κ1) is 22.1. The maximum absolute atomic E-state index is 9.50. The van der Waals surface area contributed by atoms with Gasteiger partial charge in [0.25, 0.3) is 0 Å². The van der Waals surface area contributed by atoms with E-state index in [1.165, 1.54) is 0 Å². The number of anilines is 3. The van der Waals surface area contributed by atoms with Crippen molar-refractivity contribution in [2.75, 3.05) is 4.90 Å². The van der Waals surface area contributed by atoms with Crippen LogP contribution in [-0.2, 0) is 0 Å². The second-order valence-corrected chi connectivity index (χ2v) is 12.4. The average molecular weight is 645 g/mol. The third kappa shape index (κ3) is 4.57. The van der Waals surface area contributed by atoms with Gasteiger partial charge in [-0.1, -0.05) is 145 Å². The molecule has 0 bridgehead atoms. The smallest absolute Gasteiger partial charge is 0.143 e. The maximum atomic E-state index is 9.50. The summed E-state index contributed by atoms with van der Waals surface area (Å²) in [5.41, 5.74) is 6.23. The van der Waals surface area contributed by atoms with Gasteiger partial charge >= 0.3 is 0 Å². The van der Waals surface area contributed by atoms with Crippen molar-refractivity contribution in [3.05, 3.63) is 188 Å². The van der Waals surface area contributed by atoms with Crippen LogP contribution in [0.2, 0.25) is 0 Å². The Morgan fingerprint density at radius 2 is 1.18 bits per heavy atom. The van der Waals surface area contributed by atoms with Gasteiger partial charge < -0.3 is 9.32 Å². The van der Waals surface area contributed by atoms with Gasteiger partial charge in [-0.05, 0) is 80.7 Å². The number of nitrogens with zero attached hydrogens (tertiary/aromatic N) is 1. The molecule has 10 aromatic rings. The van der Waals surface area contributed by atoms with Crippen molar-refractivity contribution < 1.29 is 14.0 Å². The topological polar surface area (TPSA) is 16.4 Å². The zero-order valence-corrected chi connectivity index (χ0v) is 26.7. The van der Waals surface area contributed by atoms with Crippen molar-refractivity contribution in [1.82, 2.24) is 0 Å². The van der Waals surface area contributed by atoms with Gasteiger partial charge in [-0.2, -0.15) is 0 Å². The van der Waals surface area contributed by atoms with Crippen LogP contribution in [0.4, 0.5) is 17.1 Å². The lowest BCUT2D eigenvalue weighted by Gasteiger charge is -2.29. The summed E-state index contributed by atoms with van der Waals surface area (Å²) in [5, 5.41) is 5.97. The summed E-state index contributed by atoms with van der Waals surface area (Å²) < 4.78 is 69.3. The molecule has 0 amide bonds. The van der Waals surface area contributed by atoms with Crippen LogP contribution in [0.3, 0.4) is 0 Å². The summed E-state index contributed by atoms with van der Waals surface area (Å²) in [6, 6.07) is 45.2. The first-order valence-corrected chi connectivity index (χ1v) is 16.5. The highest BCUT2D eigenvalue weighted by Crippen LogP contribution is 2.47. The van der Waals surface area contributed by atoms with Gasteiger partial charge in [0.05, 0.1) is 21.0 Å². The molecule has 0 N–H and O–H groups in total. The molecule has 0 saturated heterocycles. The van der Waals surface area contributed by atoms with Gasteiger partial charge in [-0.25, -0.2) is 0 Å². The Morgan fingerprint density at radius 1 is 0.440 bits per heavy atom. The summed E-state index contributed by atoms with van der Waals surface area (Å²) in [4.78, 5) is 1.82. The number of hydrogen-bond donors (Lipinski definition) is 0. The lowest BCUT2D eigenvalue weighted by atomic mass is 9.95. The summed E-state index contributed by atoms with van der Waals surface area (Å²) >= 11 is 0. The van der Waals surface area contributed by atoms with Crippen LogP contribution >= 0.6 is 0 Å². The van der Waals surface area contributed by atoms with Gasteiger partial charge in [0, 0.05) is 32.8 Å². The minimum Gasteiger partial charge on any atom is -0.455 e. The standard InChI is InChI=1S/C48H31NO/c1-2-15-35-30-37(27-26-32(35)12-1)36-17-9-18-38(31-36)49(44-24-10-16-33-13-3-5-19-39(33)44)45-23-8-7-21-41(45)42-22-11-25-46-47(42)43-29-28-34-14-4-6-20-40(34)48(43)50-46/h1-31H/i3D,5D,10D,13D,16D,19D,24D. The second-order valence-electron chi connectivity index (χ2n) is 12.4. The molecular formula is C48H31NO. The van der Waals surface area contributed by atoms with Crippen molar-refractivity contribution in [3.63, 3.8) is 0 Å². The molecule has 0 aliphatic heterocycles. The number of furan rings is 1. The summed E-state index contributed by atoms with van der Waals surface area (Å²) in [7, 11) is 0. The largest absolute Gasteiger partial charge is 0.455 e. The number of hydrogen-bond acceptors (Lipinski definition) is 2. The molecule has 0 fully saturated rings. The highest BCUT2D eigenvalue weighted by atomic mass is 16.3. The van der Waals surface area contributed by atoms with E-state index in [4.69, 9.17) is 11.3 Å². The Kier molecular flexibility index (Phi) is 5.08. The molecule has 0 radical (unpaired) electrons. The second kappa shape index (κ2) is 11.5. The SMILES string of the molecule is [2H]c1c([2H])c([2H])c2c(N(c3cccc(-c4ccc5ccccc5c4)c3)c3ccccc3-c3cccc4oc5c6ccccc6ccc5c34)c([2H])c([2H])c([2H])c2c1[2H]. The molecule has 2 heteroatoms. The highest BCUT2D eigenvalue weighted by Gasteiger charge is 2.22. The van der Waals surface area contributed by atoms with E-state index in [1.54, 1.807) is 0 Å². The zero-order valence-electron chi connectivity index (χ0n) is 33.7. The van der Waals surface area contributed by atoms with E-state index in [9.17, 15) is 2.74 Å². The van der Waals surface area contributed by atoms with Crippen LogP contribution in [0.15, 0.2) is 192 Å². The molecule has 10 rings (SSSR count). The van der Waals surface area contributed by atoms with E-state index in [0.29, 0.717) is 17.0 Å². The molecule has 2 nitrogen and oxygen atoms in total. The molecule has 0 saturated carbocycles. The number of fused-ring (bicyclic) bond motifs is 7. The Bertz CT molecular complexity index is 3290. The summed E-state index contributed by atoms with van der Waals surface area (Å²) in [6.07, 6.45) is 0. The molecule has 50 heavy (non-hydrogen) atoms. The molecule has 1 aromatic heterocycles. The Balaban J connectivity index is 1.30. The van der Waals surface area contributed by atoms with Crippen LogP contribution in [-0.4, -0.2) is 0 Å². The van der Waals surface area contributed by atoms with E-state index in [2.05, 4.69) is 54.6 Å². The molecule has 1 heterocycles. The van der Waals surface area contributed by atoms with E-state index in [1.807, 2.05) is 95.9 Å². The molecular weight excluding hydrogens is 607 g/mol. The average Bonchev–Trinajstić information content (AvgIpc) is 3.65. The molecule has 0 spiro atoms. The first-order valence-electron chi connectivity index (χ1n) is 20.0. The van der Waals surface area contributed by atoms with Gasteiger partial charge in [-0.3, -0.25) is 0 Å². The normalized spacial score (nSPS) is 13.6. The zero-order chi connectivity index (χ0) is 39.1. The highest BCUT2D eigenvalue weighted by molar-refractivity contribution is 6.20. The van der Waals surface area contributed by atoms with Crippen LogP contribution in [0.1, 0.15) is 9.60 Å². The van der Waals surface area contributed by atoms with Crippen molar-refractivity contribution in [3.8, 4) is 22.3 Å². The minimum atomic E-state index is -0.500. The molecule has 9 aromatic carbocycles. The molecule has 0 aliphatic rings. The van der Waals surface area contributed by atoms with Gasteiger partial charge in [0.2, 0.25) is 0 Å². The van der Waals surface area contributed by atoms with E-state index in [0.717, 1.165) is 60.2 Å². The lowest BCUT2D eigenvalue weighted by molar-refractivity contribution is 0.673. The van der Waals surface area contributed by atoms with E-state index >= 15 is 0 Å². The fourth-order valence-corrected chi connectivity index (χ4v) is 7.22. The Hall–Kier alpha value is -6.64. The number of rotatable bonds is 5. The fraction of sp³-hybridized carbons (Fsp3) is 0. The quantitative estimate of drug-likeness (QED) is 0.185. The Morgan fingerprint density at radius 3 is 2.14 bits per heavy atom. The Labute approximate surface area is 299 Å². The summed E-state index contributed by atoms with van der Waals surface area (Å²) in [6.45, 7) is 0. The maximum Gasteiger partial charge on any atom is 0.143 e. The summed E-state index contributed by atoms with van der Waals surface area (Å²) in [5.74, 6) is 0. The fourth-order valence-electron chi connectivity index (χ4n) is 7.22. The molecule has 0 unspecified atom stereocenters. The molecule has 0 atom stereocenters. The van der Waals surface area contributed by atoms with Crippen molar-refractivity contribution in [2.45, 2.75) is 0 Å². The van der Waals surface area contributed by atoms with Gasteiger partial charge in [0.1, 0.15) is 11.2 Å². The van der Waals surface area contributed by atoms with Crippen molar-refractivity contribution in [2.24, 2.45) is 0 Å².